The first-order valence-corrected chi connectivity index (χ1v) is 23.6. The number of hydrogen-bond donors (Lipinski definition) is 3. The Bertz CT molecular complexity index is 2280. The van der Waals surface area contributed by atoms with E-state index in [1.807, 2.05) is 0 Å². The summed E-state index contributed by atoms with van der Waals surface area (Å²) in [7, 11) is 0. The molecule has 2 saturated heterocycles. The number of imide groups is 2. The van der Waals surface area contributed by atoms with Crippen molar-refractivity contribution in [3.8, 4) is 5.75 Å². The number of carbonyl (C=O) groups is 5. The molecule has 366 valence electrons. The number of rotatable bonds is 21. The van der Waals surface area contributed by atoms with Crippen molar-refractivity contribution < 1.29 is 60.8 Å². The zero-order chi connectivity index (χ0) is 47.6. The molecule has 0 aromatic heterocycles. The average Bonchev–Trinajstić information content (AvgIpc) is 3.80. The van der Waals surface area contributed by atoms with Gasteiger partial charge in [-0.05, 0) is 118 Å². The second-order valence-electron chi connectivity index (χ2n) is 17.8. The number of fused-ring (bicyclic) bond motifs is 2. The topological polar surface area (TPSA) is 177 Å². The van der Waals surface area contributed by atoms with Gasteiger partial charge in [0.15, 0.2) is 6.29 Å². The molecular weight excluding hydrogens is 890 g/mol. The summed E-state index contributed by atoms with van der Waals surface area (Å²) < 4.78 is 69.0. The van der Waals surface area contributed by atoms with E-state index >= 15 is 0 Å². The summed E-state index contributed by atoms with van der Waals surface area (Å²) in [6.07, 6.45) is 2.15. The third-order valence-electron chi connectivity index (χ3n) is 13.1. The Morgan fingerprint density at radius 1 is 0.735 bits per heavy atom. The van der Waals surface area contributed by atoms with Crippen LogP contribution in [0.1, 0.15) is 100.0 Å². The number of piperidine rings is 2. The van der Waals surface area contributed by atoms with Gasteiger partial charge in [-0.25, -0.2) is 0 Å². The van der Waals surface area contributed by atoms with Crippen LogP contribution in [-0.2, 0) is 41.3 Å². The van der Waals surface area contributed by atoms with Gasteiger partial charge in [-0.3, -0.25) is 39.1 Å². The minimum Gasteiger partial charge on any atom is -0.491 e. The van der Waals surface area contributed by atoms with E-state index in [4.69, 9.17) is 23.7 Å². The average molecular weight is 949 g/mol. The van der Waals surface area contributed by atoms with Crippen LogP contribution in [0.15, 0.2) is 60.7 Å². The van der Waals surface area contributed by atoms with E-state index in [1.165, 1.54) is 49.1 Å². The molecule has 0 spiro atoms. The fourth-order valence-corrected chi connectivity index (χ4v) is 9.57. The fraction of sp³-hybridized carbons (Fsp3) is 0.531. The molecule has 4 heterocycles. The number of benzene rings is 3. The number of nitrogens with zero attached hydrogens (tertiary/aromatic N) is 3. The molecule has 0 bridgehead atoms. The summed E-state index contributed by atoms with van der Waals surface area (Å²) in [5, 5.41) is 8.66. The number of amides is 5. The second-order valence-corrected chi connectivity index (χ2v) is 17.8. The van der Waals surface area contributed by atoms with E-state index in [0.29, 0.717) is 57.9 Å². The number of nitrogens with one attached hydrogen (secondary N) is 3. The molecule has 68 heavy (non-hydrogen) atoms. The molecule has 3 aromatic rings. The summed E-state index contributed by atoms with van der Waals surface area (Å²) in [5.41, 5.74) is 2.45. The lowest BCUT2D eigenvalue weighted by Gasteiger charge is -2.39. The summed E-state index contributed by atoms with van der Waals surface area (Å²) in [6, 6.07) is 14.5. The van der Waals surface area contributed by atoms with Gasteiger partial charge in [0.05, 0.1) is 74.3 Å². The molecule has 8 rings (SSSR count). The summed E-state index contributed by atoms with van der Waals surface area (Å²) in [4.78, 5) is 68.7. The van der Waals surface area contributed by atoms with E-state index in [0.717, 1.165) is 73.7 Å². The highest BCUT2D eigenvalue weighted by molar-refractivity contribution is 6.23. The molecule has 2 unspecified atom stereocenters. The fourth-order valence-electron chi connectivity index (χ4n) is 9.57. The van der Waals surface area contributed by atoms with Gasteiger partial charge in [0.2, 0.25) is 11.8 Å². The Labute approximate surface area is 393 Å². The van der Waals surface area contributed by atoms with Crippen molar-refractivity contribution in [2.24, 2.45) is 5.92 Å². The van der Waals surface area contributed by atoms with E-state index in [2.05, 4.69) is 43.9 Å². The van der Waals surface area contributed by atoms with Crippen molar-refractivity contribution in [1.82, 2.24) is 20.4 Å². The normalized spacial score (nSPS) is 21.9. The Morgan fingerprint density at radius 2 is 1.43 bits per heavy atom. The molecule has 5 aliphatic rings. The van der Waals surface area contributed by atoms with Crippen LogP contribution in [0, 0.1) is 5.92 Å². The number of alkyl halides is 3. The van der Waals surface area contributed by atoms with Crippen molar-refractivity contribution in [3.63, 3.8) is 0 Å². The Hall–Kier alpha value is -5.60. The van der Waals surface area contributed by atoms with Crippen LogP contribution in [0.5, 0.6) is 5.75 Å². The highest BCUT2D eigenvalue weighted by Crippen LogP contribution is 2.41. The highest BCUT2D eigenvalue weighted by Gasteiger charge is 2.45. The van der Waals surface area contributed by atoms with Crippen molar-refractivity contribution in [3.05, 3.63) is 88.5 Å². The maximum Gasteiger partial charge on any atom is 0.416 e. The third-order valence-corrected chi connectivity index (χ3v) is 13.1. The number of halogens is 3. The van der Waals surface area contributed by atoms with Crippen LogP contribution in [0.3, 0.4) is 0 Å². The summed E-state index contributed by atoms with van der Waals surface area (Å²) in [5.74, 6) is -2.12. The second kappa shape index (κ2) is 22.7. The van der Waals surface area contributed by atoms with Gasteiger partial charge in [-0.1, -0.05) is 18.6 Å². The molecular formula is C49H59F3N6O10. The van der Waals surface area contributed by atoms with E-state index in [-0.39, 0.29) is 48.8 Å². The van der Waals surface area contributed by atoms with Crippen LogP contribution in [0.2, 0.25) is 0 Å². The molecule has 1 aliphatic carbocycles. The van der Waals surface area contributed by atoms with Gasteiger partial charge >= 0.3 is 6.18 Å². The molecule has 19 heteroatoms. The van der Waals surface area contributed by atoms with Crippen molar-refractivity contribution >= 4 is 40.9 Å². The molecule has 5 amide bonds. The standard InChI is InChI=1S/C49H59F3N6O10/c50-49(51,52)35-6-4-5-34(28-35)44(60)55-48-53-40-27-33(30-56-17-2-1-3-18-56)9-14-41(40)57(48)36-10-7-32(8-11-36)31-67-24-23-65-20-19-64-21-22-66-25-26-68-37-12-13-38-39(29-37)47(63)58(46(38)62)42-15-16-43(59)54-45(42)61/h4-6,9,12-14,27-29,32,36,42,48,53H,1-3,7-8,10-11,15-26,30-31H2,(H,55,60)(H,54,59,61). The number of ether oxygens (including phenoxy) is 5. The molecule has 4 aliphatic heterocycles. The predicted octanol–water partition coefficient (Wildman–Crippen LogP) is 5.74. The van der Waals surface area contributed by atoms with Crippen LogP contribution < -0.4 is 25.6 Å². The first-order valence-electron chi connectivity index (χ1n) is 23.6. The maximum absolute atomic E-state index is 13.5. The summed E-state index contributed by atoms with van der Waals surface area (Å²) in [6.45, 7) is 6.38. The maximum atomic E-state index is 13.5. The third kappa shape index (κ3) is 12.2. The molecule has 1 saturated carbocycles. The van der Waals surface area contributed by atoms with Crippen LogP contribution in [0.25, 0.3) is 0 Å². The van der Waals surface area contributed by atoms with Crippen LogP contribution >= 0.6 is 0 Å². The molecule has 3 aromatic carbocycles. The van der Waals surface area contributed by atoms with Crippen LogP contribution in [0.4, 0.5) is 24.5 Å². The monoisotopic (exact) mass is 948 g/mol. The molecule has 3 fully saturated rings. The SMILES string of the molecule is O=C1CCC(N2C(=O)c3ccc(OCCOCCOCCOCCOCC4CCC(N5c6ccc(CN7CCCCC7)cc6NC5NC(=O)c5cccc(C(F)(F)F)c5)CC4)cc3C2=O)C(=O)N1. The van der Waals surface area contributed by atoms with E-state index < -0.39 is 53.6 Å². The zero-order valence-corrected chi connectivity index (χ0v) is 38.0. The molecule has 3 N–H and O–H groups in total. The first-order chi connectivity index (χ1) is 32.9. The number of hydrogen-bond acceptors (Lipinski definition) is 13. The van der Waals surface area contributed by atoms with Crippen molar-refractivity contribution in [2.45, 2.75) is 88.9 Å². The largest absolute Gasteiger partial charge is 0.491 e. The van der Waals surface area contributed by atoms with E-state index in [9.17, 15) is 37.1 Å². The number of carbonyl (C=O) groups excluding carboxylic acids is 5. The minimum absolute atomic E-state index is 0.0470. The van der Waals surface area contributed by atoms with E-state index in [1.54, 1.807) is 6.07 Å². The highest BCUT2D eigenvalue weighted by atomic mass is 19.4. The molecule has 2 atom stereocenters. The van der Waals surface area contributed by atoms with Gasteiger partial charge in [0.1, 0.15) is 18.4 Å². The quantitative estimate of drug-likeness (QED) is 0.0872. The Kier molecular flexibility index (Phi) is 16.3. The Morgan fingerprint density at radius 3 is 2.13 bits per heavy atom. The molecule has 0 radical (unpaired) electrons. The van der Waals surface area contributed by atoms with Gasteiger partial charge in [0.25, 0.3) is 17.7 Å². The zero-order valence-electron chi connectivity index (χ0n) is 38.0. The molecule has 16 nitrogen and oxygen atoms in total. The summed E-state index contributed by atoms with van der Waals surface area (Å²) >= 11 is 0. The van der Waals surface area contributed by atoms with Gasteiger partial charge in [-0.15, -0.1) is 0 Å². The Balaban J connectivity index is 0.694. The van der Waals surface area contributed by atoms with Crippen molar-refractivity contribution in [2.75, 3.05) is 82.8 Å². The van der Waals surface area contributed by atoms with Crippen LogP contribution in [-0.4, -0.2) is 130 Å². The number of likely N-dealkylation sites (tertiary alicyclic amines) is 1. The van der Waals surface area contributed by atoms with Gasteiger partial charge < -0.3 is 39.2 Å². The van der Waals surface area contributed by atoms with Gasteiger partial charge in [0, 0.05) is 31.2 Å². The lowest BCUT2D eigenvalue weighted by Crippen LogP contribution is -2.54. The first kappa shape index (κ1) is 48.8. The van der Waals surface area contributed by atoms with Crippen molar-refractivity contribution in [1.29, 1.82) is 0 Å². The number of anilines is 2. The lowest BCUT2D eigenvalue weighted by atomic mass is 9.85. The predicted molar refractivity (Wildman–Crippen MR) is 242 cm³/mol. The lowest BCUT2D eigenvalue weighted by molar-refractivity contribution is -0.138. The van der Waals surface area contributed by atoms with Gasteiger partial charge in [-0.2, -0.15) is 13.2 Å². The minimum atomic E-state index is -4.56. The smallest absolute Gasteiger partial charge is 0.416 e.